The van der Waals surface area contributed by atoms with Crippen molar-refractivity contribution in [3.8, 4) is 0 Å². The van der Waals surface area contributed by atoms with Gasteiger partial charge in [-0.15, -0.1) is 11.3 Å². The van der Waals surface area contributed by atoms with Crippen LogP contribution in [0.2, 0.25) is 0 Å². The molecule has 2 heterocycles. The summed E-state index contributed by atoms with van der Waals surface area (Å²) in [4.78, 5) is 7.73. The van der Waals surface area contributed by atoms with Crippen LogP contribution in [0.1, 0.15) is 25.1 Å². The lowest BCUT2D eigenvalue weighted by molar-refractivity contribution is 0.568. The molecule has 1 fully saturated rings. The quantitative estimate of drug-likeness (QED) is 0.830. The molecule has 1 N–H and O–H groups in total. The van der Waals surface area contributed by atoms with Gasteiger partial charge in [-0.1, -0.05) is 6.92 Å². The average molecular weight is 303 g/mol. The number of thiazole rings is 1. The molecular weight excluding hydrogens is 282 g/mol. The van der Waals surface area contributed by atoms with Crippen molar-refractivity contribution >= 4 is 26.3 Å². The fourth-order valence-electron chi connectivity index (χ4n) is 2.18. The molecule has 1 aliphatic rings. The highest BCUT2D eigenvalue weighted by Gasteiger charge is 2.29. The van der Waals surface area contributed by atoms with E-state index in [0.717, 1.165) is 24.6 Å². The molecule has 1 saturated heterocycles. The van der Waals surface area contributed by atoms with Gasteiger partial charge in [-0.3, -0.25) is 0 Å². The first-order valence-electron chi connectivity index (χ1n) is 6.64. The molecule has 2 rings (SSSR count). The van der Waals surface area contributed by atoms with Gasteiger partial charge in [-0.25, -0.2) is 13.4 Å². The molecule has 19 heavy (non-hydrogen) atoms. The molecule has 0 amide bonds. The summed E-state index contributed by atoms with van der Waals surface area (Å²) in [6.45, 7) is 6.49. The Balaban J connectivity index is 1.98. The third-order valence-corrected chi connectivity index (χ3v) is 6.01. The lowest BCUT2D eigenvalue weighted by Gasteiger charge is -2.32. The van der Waals surface area contributed by atoms with Crippen LogP contribution in [0, 0.1) is 0 Å². The van der Waals surface area contributed by atoms with Crippen molar-refractivity contribution in [3.63, 3.8) is 0 Å². The van der Waals surface area contributed by atoms with E-state index in [1.165, 1.54) is 4.88 Å². The van der Waals surface area contributed by atoms with Crippen LogP contribution in [0.3, 0.4) is 0 Å². The van der Waals surface area contributed by atoms with E-state index in [9.17, 15) is 8.42 Å². The minimum Gasteiger partial charge on any atom is -0.343 e. The van der Waals surface area contributed by atoms with Crippen LogP contribution < -0.4 is 10.2 Å². The molecule has 0 aromatic carbocycles. The van der Waals surface area contributed by atoms with Crippen molar-refractivity contribution in [1.82, 2.24) is 10.3 Å². The van der Waals surface area contributed by atoms with Gasteiger partial charge in [-0.05, 0) is 19.9 Å². The Morgan fingerprint density at radius 2 is 2.37 bits per heavy atom. The van der Waals surface area contributed by atoms with Crippen LogP contribution in [-0.4, -0.2) is 44.0 Å². The van der Waals surface area contributed by atoms with Crippen LogP contribution in [-0.2, 0) is 16.4 Å². The smallest absolute Gasteiger partial charge is 0.185 e. The first-order chi connectivity index (χ1) is 9.02. The largest absolute Gasteiger partial charge is 0.343 e. The van der Waals surface area contributed by atoms with Crippen molar-refractivity contribution < 1.29 is 8.42 Å². The van der Waals surface area contributed by atoms with E-state index in [1.54, 1.807) is 11.3 Å². The van der Waals surface area contributed by atoms with E-state index in [1.807, 2.05) is 13.1 Å². The van der Waals surface area contributed by atoms with Crippen LogP contribution >= 0.6 is 11.3 Å². The Kier molecular flexibility index (Phi) is 4.81. The maximum atomic E-state index is 11.6. The average Bonchev–Trinajstić information content (AvgIpc) is 2.77. The first kappa shape index (κ1) is 14.7. The lowest BCUT2D eigenvalue weighted by atomic mass is 10.3. The summed E-state index contributed by atoms with van der Waals surface area (Å²) in [7, 11) is -2.86. The van der Waals surface area contributed by atoms with Crippen molar-refractivity contribution in [2.45, 2.75) is 32.9 Å². The van der Waals surface area contributed by atoms with Gasteiger partial charge in [0.2, 0.25) is 0 Å². The maximum absolute atomic E-state index is 11.6. The molecule has 0 spiro atoms. The van der Waals surface area contributed by atoms with Gasteiger partial charge in [0.1, 0.15) is 0 Å². The van der Waals surface area contributed by atoms with E-state index in [-0.39, 0.29) is 17.5 Å². The zero-order valence-corrected chi connectivity index (χ0v) is 13.1. The Labute approximate surface area is 119 Å². The van der Waals surface area contributed by atoms with Gasteiger partial charge in [0.25, 0.3) is 0 Å². The molecule has 108 valence electrons. The second kappa shape index (κ2) is 6.19. The highest BCUT2D eigenvalue weighted by Crippen LogP contribution is 2.26. The minimum atomic E-state index is -2.86. The zero-order valence-electron chi connectivity index (χ0n) is 11.4. The number of rotatable bonds is 5. The van der Waals surface area contributed by atoms with Gasteiger partial charge in [0.15, 0.2) is 15.0 Å². The van der Waals surface area contributed by atoms with E-state index in [0.29, 0.717) is 6.54 Å². The number of sulfone groups is 1. The summed E-state index contributed by atoms with van der Waals surface area (Å²) >= 11 is 1.65. The number of anilines is 1. The zero-order chi connectivity index (χ0) is 13.9. The van der Waals surface area contributed by atoms with Crippen LogP contribution in [0.15, 0.2) is 6.20 Å². The summed E-state index contributed by atoms with van der Waals surface area (Å²) < 4.78 is 23.1. The molecule has 0 aliphatic carbocycles. The molecule has 1 aromatic heterocycles. The van der Waals surface area contributed by atoms with E-state index >= 15 is 0 Å². The van der Waals surface area contributed by atoms with Crippen molar-refractivity contribution in [1.29, 1.82) is 0 Å². The molecule has 0 radical (unpaired) electrons. The summed E-state index contributed by atoms with van der Waals surface area (Å²) in [5.74, 6) is 0.469. The molecule has 1 aromatic rings. The third kappa shape index (κ3) is 3.90. The van der Waals surface area contributed by atoms with Gasteiger partial charge in [0.05, 0.1) is 11.5 Å². The Bertz CT molecular complexity index is 513. The Morgan fingerprint density at radius 3 is 3.05 bits per heavy atom. The highest BCUT2D eigenvalue weighted by atomic mass is 32.2. The molecule has 1 atom stereocenters. The molecule has 5 nitrogen and oxygen atoms in total. The van der Waals surface area contributed by atoms with Gasteiger partial charge in [0, 0.05) is 30.2 Å². The normalized spacial score (nSPS) is 22.6. The second-order valence-electron chi connectivity index (χ2n) is 4.94. The highest BCUT2D eigenvalue weighted by molar-refractivity contribution is 7.91. The third-order valence-electron chi connectivity index (χ3n) is 3.18. The Morgan fingerprint density at radius 1 is 1.58 bits per heavy atom. The van der Waals surface area contributed by atoms with E-state index in [2.05, 4.69) is 22.1 Å². The van der Waals surface area contributed by atoms with E-state index < -0.39 is 9.84 Å². The minimum absolute atomic E-state index is 0.0151. The van der Waals surface area contributed by atoms with E-state index in [4.69, 9.17) is 0 Å². The summed E-state index contributed by atoms with van der Waals surface area (Å²) in [5, 5.41) is 4.29. The molecule has 7 heteroatoms. The standard InChI is InChI=1S/C12H21N3O2S2/c1-3-4-13-7-11-8-14-12(18-11)15-5-6-19(16,17)9-10(15)2/h8,10,13H,3-7,9H2,1-2H3. The van der Waals surface area contributed by atoms with Crippen LogP contribution in [0.5, 0.6) is 0 Å². The molecule has 0 saturated carbocycles. The number of nitrogens with zero attached hydrogens (tertiary/aromatic N) is 2. The monoisotopic (exact) mass is 303 g/mol. The number of hydrogen-bond donors (Lipinski definition) is 1. The van der Waals surface area contributed by atoms with Crippen molar-refractivity contribution in [2.75, 3.05) is 29.5 Å². The summed E-state index contributed by atoms with van der Waals surface area (Å²) in [6.07, 6.45) is 3.01. The van der Waals surface area contributed by atoms with Crippen molar-refractivity contribution in [3.05, 3.63) is 11.1 Å². The number of nitrogens with one attached hydrogen (secondary N) is 1. The lowest BCUT2D eigenvalue weighted by Crippen LogP contribution is -2.46. The Hall–Kier alpha value is -0.660. The summed E-state index contributed by atoms with van der Waals surface area (Å²) in [6, 6.07) is 0.0151. The first-order valence-corrected chi connectivity index (χ1v) is 9.28. The van der Waals surface area contributed by atoms with Gasteiger partial charge < -0.3 is 10.2 Å². The maximum Gasteiger partial charge on any atom is 0.185 e. The van der Waals surface area contributed by atoms with Gasteiger partial charge in [-0.2, -0.15) is 0 Å². The SMILES string of the molecule is CCCNCc1cnc(N2CCS(=O)(=O)CC2C)s1. The molecular formula is C12H21N3O2S2. The number of hydrogen-bond acceptors (Lipinski definition) is 6. The number of aromatic nitrogens is 1. The molecule has 1 unspecified atom stereocenters. The van der Waals surface area contributed by atoms with Crippen LogP contribution in [0.25, 0.3) is 0 Å². The topological polar surface area (TPSA) is 62.3 Å². The molecule has 1 aliphatic heterocycles. The molecule has 0 bridgehead atoms. The predicted molar refractivity (Wildman–Crippen MR) is 79.6 cm³/mol. The van der Waals surface area contributed by atoms with Crippen molar-refractivity contribution in [2.24, 2.45) is 0 Å². The fourth-order valence-corrected chi connectivity index (χ4v) is 4.75. The predicted octanol–water partition coefficient (Wildman–Crippen LogP) is 1.27. The second-order valence-corrected chi connectivity index (χ2v) is 8.27. The van der Waals surface area contributed by atoms with Crippen LogP contribution in [0.4, 0.5) is 5.13 Å². The summed E-state index contributed by atoms with van der Waals surface area (Å²) in [5.41, 5.74) is 0. The fraction of sp³-hybridized carbons (Fsp3) is 0.750. The van der Waals surface area contributed by atoms with Gasteiger partial charge >= 0.3 is 0 Å².